The van der Waals surface area contributed by atoms with Gasteiger partial charge in [-0.05, 0) is 24.1 Å². The zero-order valence-corrected chi connectivity index (χ0v) is 10.3. The summed E-state index contributed by atoms with van der Waals surface area (Å²) < 4.78 is 26.0. The second kappa shape index (κ2) is 5.43. The van der Waals surface area contributed by atoms with Gasteiger partial charge in [0.2, 0.25) is 10.0 Å². The lowest BCUT2D eigenvalue weighted by Crippen LogP contribution is -2.40. The fourth-order valence-electron chi connectivity index (χ4n) is 1.08. The smallest absolute Gasteiger partial charge is 0.240 e. The first-order valence-corrected chi connectivity index (χ1v) is 6.63. The molecule has 89 valence electrons. The molecule has 1 atom stereocenters. The van der Waals surface area contributed by atoms with Crippen LogP contribution in [0.1, 0.15) is 13.8 Å². The summed E-state index contributed by atoms with van der Waals surface area (Å²) in [7, 11) is -3.44. The molecule has 5 heteroatoms. The Balaban J connectivity index is 2.67. The highest BCUT2D eigenvalue weighted by Gasteiger charge is 2.15. The van der Waals surface area contributed by atoms with Crippen LogP contribution < -0.4 is 10.5 Å². The molecule has 0 aliphatic heterocycles. The molecule has 0 aliphatic rings. The largest absolute Gasteiger partial charge is 0.326 e. The van der Waals surface area contributed by atoms with Gasteiger partial charge in [0.15, 0.2) is 0 Å². The first kappa shape index (κ1) is 13.2. The van der Waals surface area contributed by atoms with Gasteiger partial charge in [-0.2, -0.15) is 0 Å². The van der Waals surface area contributed by atoms with Gasteiger partial charge in [-0.15, -0.1) is 0 Å². The van der Waals surface area contributed by atoms with E-state index in [-0.39, 0.29) is 23.4 Å². The van der Waals surface area contributed by atoms with Crippen LogP contribution in [0.5, 0.6) is 0 Å². The van der Waals surface area contributed by atoms with Gasteiger partial charge in [0.1, 0.15) is 0 Å². The highest BCUT2D eigenvalue weighted by atomic mass is 32.2. The van der Waals surface area contributed by atoms with Crippen LogP contribution in [0.2, 0.25) is 0 Å². The molecule has 0 fully saturated rings. The average molecular weight is 241 g/mol. The number of benzene rings is 1. The van der Waals surface area contributed by atoms with Crippen LogP contribution in [0.15, 0.2) is 29.2 Å². The minimum atomic E-state index is -3.44. The van der Waals surface area contributed by atoms with Crippen LogP contribution >= 0.6 is 0 Å². The molecule has 0 amide bonds. The van der Waals surface area contributed by atoms with Crippen molar-refractivity contribution in [2.45, 2.75) is 24.8 Å². The van der Waals surface area contributed by atoms with Crippen molar-refractivity contribution in [2.75, 3.05) is 6.54 Å². The van der Waals surface area contributed by atoms with Gasteiger partial charge in [0.05, 0.1) is 4.90 Å². The predicted octanol–water partition coefficient (Wildman–Crippen LogP) is 0.748. The molecule has 4 nitrogen and oxygen atoms in total. The van der Waals surface area contributed by atoms with Crippen LogP contribution in [0.4, 0.5) is 0 Å². The second-order valence-electron chi connectivity index (χ2n) is 4.00. The number of nitrogens with one attached hydrogen (secondary N) is 1. The highest BCUT2D eigenvalue weighted by molar-refractivity contribution is 7.89. The number of sulfonamides is 1. The lowest BCUT2D eigenvalue weighted by atomic mass is 10.1. The molecule has 0 saturated carbocycles. The zero-order chi connectivity index (χ0) is 12.2. The van der Waals surface area contributed by atoms with Crippen LogP contribution in [0.25, 0.3) is 0 Å². The number of hydrogen-bond donors (Lipinski definition) is 2. The summed E-state index contributed by atoms with van der Waals surface area (Å²) >= 11 is 0. The summed E-state index contributed by atoms with van der Waals surface area (Å²) in [6, 6.07) is 8.73. The summed E-state index contributed by atoms with van der Waals surface area (Å²) in [5.74, 6) is 0.242. The second-order valence-corrected chi connectivity index (χ2v) is 5.76. The van der Waals surface area contributed by atoms with Crippen LogP contribution in [-0.4, -0.2) is 21.0 Å². The van der Waals surface area contributed by atoms with E-state index in [1.807, 2.05) is 13.8 Å². The fourth-order valence-corrected chi connectivity index (χ4v) is 2.15. The Morgan fingerprint density at radius 2 is 1.94 bits per heavy atom. The maximum absolute atomic E-state index is 11.8. The van der Waals surface area contributed by atoms with E-state index in [2.05, 4.69) is 10.8 Å². The Bertz CT molecular complexity index is 415. The third kappa shape index (κ3) is 3.59. The van der Waals surface area contributed by atoms with Crippen LogP contribution in [-0.2, 0) is 10.0 Å². The summed E-state index contributed by atoms with van der Waals surface area (Å²) in [5, 5.41) is 0. The van der Waals surface area contributed by atoms with E-state index in [0.717, 1.165) is 0 Å². The Hall–Kier alpha value is -0.910. The quantitative estimate of drug-likeness (QED) is 0.799. The minimum Gasteiger partial charge on any atom is -0.326 e. The molecule has 0 aliphatic carbocycles. The van der Waals surface area contributed by atoms with Gasteiger partial charge in [-0.3, -0.25) is 0 Å². The van der Waals surface area contributed by atoms with Gasteiger partial charge in [-0.1, -0.05) is 26.0 Å². The van der Waals surface area contributed by atoms with E-state index in [4.69, 9.17) is 5.73 Å². The molecule has 1 radical (unpaired) electrons. The van der Waals surface area contributed by atoms with Crippen molar-refractivity contribution in [1.29, 1.82) is 0 Å². The third-order valence-electron chi connectivity index (χ3n) is 2.36. The van der Waals surface area contributed by atoms with Gasteiger partial charge >= 0.3 is 0 Å². The lowest BCUT2D eigenvalue weighted by molar-refractivity contribution is 0.481. The highest BCUT2D eigenvalue weighted by Crippen LogP contribution is 2.07. The van der Waals surface area contributed by atoms with E-state index >= 15 is 0 Å². The van der Waals surface area contributed by atoms with Crippen molar-refractivity contribution in [2.24, 2.45) is 11.7 Å². The maximum Gasteiger partial charge on any atom is 0.240 e. The molecule has 0 saturated heterocycles. The fraction of sp³-hybridized carbons (Fsp3) is 0.455. The van der Waals surface area contributed by atoms with E-state index < -0.39 is 10.0 Å². The molecular weight excluding hydrogens is 224 g/mol. The summed E-state index contributed by atoms with van der Waals surface area (Å²) in [6.07, 6.45) is 0. The van der Waals surface area contributed by atoms with Gasteiger partial charge in [-0.25, -0.2) is 13.1 Å². The van der Waals surface area contributed by atoms with Crippen LogP contribution in [0, 0.1) is 12.0 Å². The standard InChI is InChI=1S/C11H17N2O2S/c1-9(2)11(12)8-13-16(14,15)10-6-4-3-5-7-10/h4-7,9,11,13H,8,12H2,1-2H3. The topological polar surface area (TPSA) is 72.2 Å². The summed E-state index contributed by atoms with van der Waals surface area (Å²) in [6.45, 7) is 4.16. The lowest BCUT2D eigenvalue weighted by Gasteiger charge is -2.16. The van der Waals surface area contributed by atoms with Crippen molar-refractivity contribution in [3.8, 4) is 0 Å². The molecule has 1 rings (SSSR count). The maximum atomic E-state index is 11.8. The van der Waals surface area contributed by atoms with Crippen molar-refractivity contribution < 1.29 is 8.42 Å². The van der Waals surface area contributed by atoms with Crippen molar-refractivity contribution in [1.82, 2.24) is 4.72 Å². The van der Waals surface area contributed by atoms with Crippen molar-refractivity contribution in [3.63, 3.8) is 0 Å². The molecule has 3 N–H and O–H groups in total. The number of hydrogen-bond acceptors (Lipinski definition) is 3. The van der Waals surface area contributed by atoms with E-state index in [0.29, 0.717) is 0 Å². The zero-order valence-electron chi connectivity index (χ0n) is 9.47. The molecule has 1 aromatic rings. The molecule has 1 unspecified atom stereocenters. The number of nitrogens with two attached hydrogens (primary N) is 1. The predicted molar refractivity (Wildman–Crippen MR) is 63.3 cm³/mol. The molecule has 0 spiro atoms. The first-order chi connectivity index (χ1) is 7.43. The van der Waals surface area contributed by atoms with E-state index in [1.165, 1.54) is 12.1 Å². The van der Waals surface area contributed by atoms with Gasteiger partial charge in [0.25, 0.3) is 0 Å². The minimum absolute atomic E-state index is 0.176. The first-order valence-electron chi connectivity index (χ1n) is 5.15. The third-order valence-corrected chi connectivity index (χ3v) is 3.80. The van der Waals surface area contributed by atoms with Gasteiger partial charge < -0.3 is 5.73 Å². The number of rotatable bonds is 5. The van der Waals surface area contributed by atoms with Gasteiger partial charge in [0, 0.05) is 12.6 Å². The average Bonchev–Trinajstić information content (AvgIpc) is 2.27. The molecule has 0 aromatic heterocycles. The summed E-state index contributed by atoms with van der Waals surface area (Å²) in [5.41, 5.74) is 5.77. The SMILES string of the molecule is CC(C)C(N)CNS(=O)(=O)c1cc[c]cc1. The molecule has 0 bridgehead atoms. The molecule has 1 aromatic carbocycles. The molecular formula is C11H17N2O2S. The summed E-state index contributed by atoms with van der Waals surface area (Å²) in [4.78, 5) is 0.238. The monoisotopic (exact) mass is 241 g/mol. The Morgan fingerprint density at radius 3 is 2.44 bits per heavy atom. The van der Waals surface area contributed by atoms with Crippen molar-refractivity contribution in [3.05, 3.63) is 30.3 Å². The molecule has 0 heterocycles. The Kier molecular flexibility index (Phi) is 4.46. The Labute approximate surface area is 96.9 Å². The van der Waals surface area contributed by atoms with Crippen LogP contribution in [0.3, 0.4) is 0 Å². The van der Waals surface area contributed by atoms with Crippen molar-refractivity contribution >= 4 is 10.0 Å². The normalized spacial score (nSPS) is 14.0. The van der Waals surface area contributed by atoms with E-state index in [1.54, 1.807) is 12.1 Å². The Morgan fingerprint density at radius 1 is 1.38 bits per heavy atom. The van der Waals surface area contributed by atoms with E-state index in [9.17, 15) is 8.42 Å². The molecule has 16 heavy (non-hydrogen) atoms.